The van der Waals surface area contributed by atoms with Crippen LogP contribution in [0.2, 0.25) is 0 Å². The van der Waals surface area contributed by atoms with Crippen LogP contribution in [-0.2, 0) is 16.0 Å². The molecule has 12 heteroatoms. The van der Waals surface area contributed by atoms with Crippen LogP contribution in [0.15, 0.2) is 64.5 Å². The number of fused-ring (bicyclic) bond motifs is 1. The summed E-state index contributed by atoms with van der Waals surface area (Å²) in [6, 6.07) is 6.60. The number of alkyl halides is 3. The molecule has 0 spiro atoms. The van der Waals surface area contributed by atoms with E-state index >= 15 is 0 Å². The first-order valence-electron chi connectivity index (χ1n) is 9.70. The van der Waals surface area contributed by atoms with Crippen LogP contribution in [-0.4, -0.2) is 28.9 Å². The third-order valence-corrected chi connectivity index (χ3v) is 6.85. The lowest BCUT2D eigenvalue weighted by Gasteiger charge is -2.13. The molecule has 34 heavy (non-hydrogen) atoms. The molecule has 0 aliphatic heterocycles. The molecule has 0 aliphatic carbocycles. The highest BCUT2D eigenvalue weighted by atomic mass is 32.2. The maximum Gasteiger partial charge on any atom is 0.416 e. The molecule has 0 amide bonds. The minimum Gasteiger partial charge on any atom is -0.267 e. The lowest BCUT2D eigenvalue weighted by molar-refractivity contribution is -0.137. The highest BCUT2D eigenvalue weighted by Crippen LogP contribution is 2.31. The molecule has 4 rings (SSSR count). The van der Waals surface area contributed by atoms with Crippen molar-refractivity contribution in [1.29, 1.82) is 0 Å². The zero-order valence-corrected chi connectivity index (χ0v) is 18.1. The van der Waals surface area contributed by atoms with Crippen molar-refractivity contribution in [3.63, 3.8) is 0 Å². The molecule has 0 N–H and O–H groups in total. The molecule has 4 aromatic rings. The lowest BCUT2D eigenvalue weighted by atomic mass is 10.1. The summed E-state index contributed by atoms with van der Waals surface area (Å²) in [5.41, 5.74) is -1.83. The molecule has 2 aromatic carbocycles. The van der Waals surface area contributed by atoms with Crippen LogP contribution in [0.5, 0.6) is 0 Å². The molecule has 0 aliphatic rings. The first kappa shape index (κ1) is 23.5. The topological polar surface area (TPSA) is 81.9 Å². The Bertz CT molecular complexity index is 1600. The van der Waals surface area contributed by atoms with E-state index in [0.717, 1.165) is 42.7 Å². The maximum absolute atomic E-state index is 13.7. The van der Waals surface area contributed by atoms with Gasteiger partial charge in [0, 0.05) is 17.1 Å². The second-order valence-electron chi connectivity index (χ2n) is 7.24. The molecular formula is C22H14F5N3O3S. The number of pyridine rings is 1. The molecular weight excluding hydrogens is 481 g/mol. The highest BCUT2D eigenvalue weighted by Gasteiger charge is 2.31. The first-order chi connectivity index (χ1) is 15.9. The Morgan fingerprint density at radius 3 is 2.32 bits per heavy atom. The van der Waals surface area contributed by atoms with Crippen LogP contribution in [0.1, 0.15) is 12.5 Å². The molecule has 0 bridgehead atoms. The average Bonchev–Trinajstić information content (AvgIpc) is 2.80. The standard InChI is InChI=1S/C22H14F5N3O3S/c1-2-34(32,33)19-8-14(12-4-6-17(23)18(24)7-12)10-28-20(19)30-21(31)16-9-15(22(25,26)27)5-3-13(16)11-29-30/h3-11H,2H2,1H3. The molecule has 0 radical (unpaired) electrons. The number of aromatic nitrogens is 3. The van der Waals surface area contributed by atoms with E-state index in [0.29, 0.717) is 10.7 Å². The fraction of sp³-hybridized carbons (Fsp3) is 0.136. The van der Waals surface area contributed by atoms with E-state index in [-0.39, 0.29) is 21.9 Å². The Morgan fingerprint density at radius 2 is 1.68 bits per heavy atom. The van der Waals surface area contributed by atoms with Crippen molar-refractivity contribution >= 4 is 20.6 Å². The van der Waals surface area contributed by atoms with Crippen molar-refractivity contribution < 1.29 is 30.4 Å². The van der Waals surface area contributed by atoms with Crippen LogP contribution < -0.4 is 5.56 Å². The monoisotopic (exact) mass is 495 g/mol. The summed E-state index contributed by atoms with van der Waals surface area (Å²) in [5.74, 6) is -3.09. The van der Waals surface area contributed by atoms with E-state index in [2.05, 4.69) is 10.1 Å². The predicted octanol–water partition coefficient (Wildman–Crippen LogP) is 4.54. The van der Waals surface area contributed by atoms with Gasteiger partial charge in [0.05, 0.1) is 22.9 Å². The van der Waals surface area contributed by atoms with Gasteiger partial charge in [-0.15, -0.1) is 0 Å². The number of sulfone groups is 1. The Hall–Kier alpha value is -3.67. The van der Waals surface area contributed by atoms with Crippen molar-refractivity contribution in [2.24, 2.45) is 0 Å². The molecule has 0 fully saturated rings. The average molecular weight is 495 g/mol. The van der Waals surface area contributed by atoms with E-state index in [1.54, 1.807) is 0 Å². The van der Waals surface area contributed by atoms with E-state index in [1.165, 1.54) is 13.0 Å². The number of benzene rings is 2. The number of halogens is 5. The third kappa shape index (κ3) is 4.16. The maximum atomic E-state index is 13.7. The Kier molecular flexibility index (Phi) is 5.72. The summed E-state index contributed by atoms with van der Waals surface area (Å²) < 4.78 is 92.5. The third-order valence-electron chi connectivity index (χ3n) is 5.12. The van der Waals surface area contributed by atoms with Gasteiger partial charge in [-0.2, -0.15) is 23.0 Å². The van der Waals surface area contributed by atoms with Gasteiger partial charge in [-0.05, 0) is 35.9 Å². The highest BCUT2D eigenvalue weighted by molar-refractivity contribution is 7.91. The van der Waals surface area contributed by atoms with E-state index < -0.39 is 55.2 Å². The van der Waals surface area contributed by atoms with Gasteiger partial charge in [0.2, 0.25) is 0 Å². The number of nitrogens with zero attached hydrogens (tertiary/aromatic N) is 3. The fourth-order valence-electron chi connectivity index (χ4n) is 3.28. The summed E-state index contributed by atoms with van der Waals surface area (Å²) in [7, 11) is -4.04. The van der Waals surface area contributed by atoms with Gasteiger partial charge in [-0.3, -0.25) is 4.79 Å². The molecule has 0 atom stereocenters. The molecule has 176 valence electrons. The van der Waals surface area contributed by atoms with Gasteiger partial charge in [0.1, 0.15) is 4.90 Å². The Morgan fingerprint density at radius 1 is 0.941 bits per heavy atom. The van der Waals surface area contributed by atoms with Gasteiger partial charge in [-0.25, -0.2) is 22.2 Å². The van der Waals surface area contributed by atoms with Gasteiger partial charge < -0.3 is 0 Å². The van der Waals surface area contributed by atoms with Crippen molar-refractivity contribution in [2.45, 2.75) is 18.0 Å². The van der Waals surface area contributed by atoms with Crippen molar-refractivity contribution in [3.05, 3.63) is 82.4 Å². The van der Waals surface area contributed by atoms with Gasteiger partial charge >= 0.3 is 6.18 Å². The van der Waals surface area contributed by atoms with Crippen molar-refractivity contribution in [1.82, 2.24) is 14.8 Å². The second-order valence-corrected chi connectivity index (χ2v) is 9.49. The van der Waals surface area contributed by atoms with Gasteiger partial charge in [0.15, 0.2) is 27.3 Å². The van der Waals surface area contributed by atoms with Gasteiger partial charge in [0.25, 0.3) is 5.56 Å². The minimum atomic E-state index is -4.70. The molecule has 2 aromatic heterocycles. The first-order valence-corrected chi connectivity index (χ1v) is 11.4. The van der Waals surface area contributed by atoms with Crippen molar-refractivity contribution in [3.8, 4) is 16.9 Å². The van der Waals surface area contributed by atoms with Crippen LogP contribution >= 0.6 is 0 Å². The summed E-state index contributed by atoms with van der Waals surface area (Å²) in [4.78, 5) is 16.6. The van der Waals surface area contributed by atoms with Crippen LogP contribution in [0.3, 0.4) is 0 Å². The Labute approximate surface area is 189 Å². The zero-order chi connectivity index (χ0) is 24.8. The summed E-state index contributed by atoms with van der Waals surface area (Å²) in [6.45, 7) is 1.34. The smallest absolute Gasteiger partial charge is 0.267 e. The fourth-order valence-corrected chi connectivity index (χ4v) is 4.32. The molecule has 0 saturated carbocycles. The molecule has 6 nitrogen and oxygen atoms in total. The number of hydrogen-bond donors (Lipinski definition) is 0. The lowest BCUT2D eigenvalue weighted by Crippen LogP contribution is -2.25. The summed E-state index contributed by atoms with van der Waals surface area (Å²) in [6.07, 6.45) is -2.46. The number of hydrogen-bond acceptors (Lipinski definition) is 5. The predicted molar refractivity (Wildman–Crippen MR) is 113 cm³/mol. The minimum absolute atomic E-state index is 0.114. The van der Waals surface area contributed by atoms with E-state index in [1.807, 2.05) is 0 Å². The van der Waals surface area contributed by atoms with E-state index in [4.69, 9.17) is 0 Å². The van der Waals surface area contributed by atoms with Crippen LogP contribution in [0.4, 0.5) is 22.0 Å². The van der Waals surface area contributed by atoms with Crippen molar-refractivity contribution in [2.75, 3.05) is 5.75 Å². The number of rotatable bonds is 4. The van der Waals surface area contributed by atoms with Gasteiger partial charge in [-0.1, -0.05) is 19.1 Å². The molecule has 2 heterocycles. The van der Waals surface area contributed by atoms with E-state index in [9.17, 15) is 35.2 Å². The SMILES string of the molecule is CCS(=O)(=O)c1cc(-c2ccc(F)c(F)c2)cnc1-n1ncc2ccc(C(F)(F)F)cc2c1=O. The van der Waals surface area contributed by atoms with Crippen LogP contribution in [0.25, 0.3) is 27.7 Å². The zero-order valence-electron chi connectivity index (χ0n) is 17.3. The summed E-state index contributed by atoms with van der Waals surface area (Å²) in [5, 5.41) is 3.67. The second kappa shape index (κ2) is 8.28. The Balaban J connectivity index is 1.97. The van der Waals surface area contributed by atoms with Crippen LogP contribution in [0, 0.1) is 11.6 Å². The molecule has 0 unspecified atom stereocenters. The normalized spacial score (nSPS) is 12.3. The largest absolute Gasteiger partial charge is 0.416 e. The molecule has 0 saturated heterocycles. The summed E-state index contributed by atoms with van der Waals surface area (Å²) >= 11 is 0. The quantitative estimate of drug-likeness (QED) is 0.389.